The summed E-state index contributed by atoms with van der Waals surface area (Å²) in [7, 11) is 0. The molecule has 1 aliphatic rings. The fourth-order valence-electron chi connectivity index (χ4n) is 3.05. The standard InChI is InChI=1S/C21H21N3O3/c1-15(18-6-7-19-20(12-18)27-11-10-26-19)23-21(25)17-4-2-16(3-5-17)13-24-9-8-22-14-24/h2-9,12,14-15H,10-11,13H2,1H3,(H,23,25)/t15-/m1/s1. The van der Waals surface area contributed by atoms with Crippen molar-refractivity contribution in [3.8, 4) is 11.5 Å². The molecular weight excluding hydrogens is 342 g/mol. The van der Waals surface area contributed by atoms with Crippen LogP contribution >= 0.6 is 0 Å². The molecule has 4 rings (SSSR count). The first kappa shape index (κ1) is 17.1. The minimum Gasteiger partial charge on any atom is -0.486 e. The van der Waals surface area contributed by atoms with Gasteiger partial charge in [0.15, 0.2) is 11.5 Å². The van der Waals surface area contributed by atoms with Crippen molar-refractivity contribution in [1.82, 2.24) is 14.9 Å². The lowest BCUT2D eigenvalue weighted by atomic mass is 10.1. The van der Waals surface area contributed by atoms with E-state index in [9.17, 15) is 4.79 Å². The number of amides is 1. The fourth-order valence-corrected chi connectivity index (χ4v) is 3.05. The second-order valence-corrected chi connectivity index (χ2v) is 6.53. The first-order valence-corrected chi connectivity index (χ1v) is 8.94. The van der Waals surface area contributed by atoms with Gasteiger partial charge < -0.3 is 19.4 Å². The molecule has 6 nitrogen and oxygen atoms in total. The van der Waals surface area contributed by atoms with E-state index in [1.807, 2.05) is 60.2 Å². The van der Waals surface area contributed by atoms with Gasteiger partial charge in [0, 0.05) is 24.5 Å². The van der Waals surface area contributed by atoms with Crippen LogP contribution < -0.4 is 14.8 Å². The summed E-state index contributed by atoms with van der Waals surface area (Å²) in [6.07, 6.45) is 5.44. The van der Waals surface area contributed by atoms with Gasteiger partial charge in [-0.05, 0) is 42.3 Å². The molecule has 2 aromatic carbocycles. The summed E-state index contributed by atoms with van der Waals surface area (Å²) in [5.74, 6) is 1.37. The van der Waals surface area contributed by atoms with Gasteiger partial charge in [-0.3, -0.25) is 4.79 Å². The first-order valence-electron chi connectivity index (χ1n) is 8.94. The minimum absolute atomic E-state index is 0.105. The third-order valence-electron chi connectivity index (χ3n) is 4.55. The topological polar surface area (TPSA) is 65.4 Å². The smallest absolute Gasteiger partial charge is 0.251 e. The van der Waals surface area contributed by atoms with E-state index in [1.165, 1.54) is 0 Å². The maximum absolute atomic E-state index is 12.6. The number of nitrogens with one attached hydrogen (secondary N) is 1. The van der Waals surface area contributed by atoms with Crippen molar-refractivity contribution in [3.05, 3.63) is 77.9 Å². The Labute approximate surface area is 157 Å². The molecule has 0 fully saturated rings. The molecule has 0 unspecified atom stereocenters. The Morgan fingerprint density at radius 3 is 2.67 bits per heavy atom. The van der Waals surface area contributed by atoms with E-state index in [0.717, 1.165) is 29.2 Å². The van der Waals surface area contributed by atoms with Crippen molar-refractivity contribution < 1.29 is 14.3 Å². The van der Waals surface area contributed by atoms with Gasteiger partial charge in [-0.1, -0.05) is 18.2 Å². The molecule has 0 radical (unpaired) electrons. The van der Waals surface area contributed by atoms with Crippen LogP contribution in [-0.4, -0.2) is 28.7 Å². The summed E-state index contributed by atoms with van der Waals surface area (Å²) in [5, 5.41) is 3.03. The number of hydrogen-bond acceptors (Lipinski definition) is 4. The van der Waals surface area contributed by atoms with Crippen molar-refractivity contribution in [2.24, 2.45) is 0 Å². The van der Waals surface area contributed by atoms with Gasteiger partial charge in [-0.15, -0.1) is 0 Å². The Bertz CT molecular complexity index is 920. The number of benzene rings is 2. The highest BCUT2D eigenvalue weighted by Gasteiger charge is 2.16. The zero-order valence-electron chi connectivity index (χ0n) is 15.1. The monoisotopic (exact) mass is 363 g/mol. The van der Waals surface area contributed by atoms with Crippen LogP contribution in [0, 0.1) is 0 Å². The van der Waals surface area contributed by atoms with E-state index in [1.54, 1.807) is 12.5 Å². The zero-order chi connectivity index (χ0) is 18.6. The van der Waals surface area contributed by atoms with Crippen molar-refractivity contribution in [1.29, 1.82) is 0 Å². The van der Waals surface area contributed by atoms with Crippen molar-refractivity contribution >= 4 is 5.91 Å². The lowest BCUT2D eigenvalue weighted by Gasteiger charge is -2.21. The number of carbonyl (C=O) groups is 1. The predicted molar refractivity (Wildman–Crippen MR) is 101 cm³/mol. The Morgan fingerprint density at radius 2 is 1.93 bits per heavy atom. The average molecular weight is 363 g/mol. The largest absolute Gasteiger partial charge is 0.486 e. The summed E-state index contributed by atoms with van der Waals surface area (Å²) >= 11 is 0. The summed E-state index contributed by atoms with van der Waals surface area (Å²) in [6.45, 7) is 3.80. The molecule has 1 aliphatic heterocycles. The minimum atomic E-state index is -0.140. The third-order valence-corrected chi connectivity index (χ3v) is 4.55. The molecule has 1 atom stereocenters. The highest BCUT2D eigenvalue weighted by molar-refractivity contribution is 5.94. The average Bonchev–Trinajstić information content (AvgIpc) is 3.21. The number of carbonyl (C=O) groups excluding carboxylic acids is 1. The van der Waals surface area contributed by atoms with Gasteiger partial charge in [-0.2, -0.15) is 0 Å². The van der Waals surface area contributed by atoms with E-state index in [2.05, 4.69) is 10.3 Å². The first-order chi connectivity index (χ1) is 13.2. The third kappa shape index (κ3) is 3.95. The molecule has 0 spiro atoms. The molecular formula is C21H21N3O3. The molecule has 1 aromatic heterocycles. The number of rotatable bonds is 5. The maximum Gasteiger partial charge on any atom is 0.251 e. The zero-order valence-corrected chi connectivity index (χ0v) is 15.1. The maximum atomic E-state index is 12.6. The Balaban J connectivity index is 1.41. The quantitative estimate of drug-likeness (QED) is 0.756. The molecule has 27 heavy (non-hydrogen) atoms. The van der Waals surface area contributed by atoms with Crippen LogP contribution in [0.5, 0.6) is 11.5 Å². The second kappa shape index (κ2) is 7.53. The van der Waals surface area contributed by atoms with E-state index < -0.39 is 0 Å². The molecule has 6 heteroatoms. The van der Waals surface area contributed by atoms with Crippen molar-refractivity contribution in [3.63, 3.8) is 0 Å². The lowest BCUT2D eigenvalue weighted by Crippen LogP contribution is -2.26. The van der Waals surface area contributed by atoms with E-state index in [4.69, 9.17) is 9.47 Å². The summed E-state index contributed by atoms with van der Waals surface area (Å²) in [4.78, 5) is 16.6. The molecule has 2 heterocycles. The normalized spacial score (nSPS) is 13.8. The molecule has 138 valence electrons. The highest BCUT2D eigenvalue weighted by Crippen LogP contribution is 2.32. The molecule has 3 aromatic rings. The highest BCUT2D eigenvalue weighted by atomic mass is 16.6. The molecule has 0 aliphatic carbocycles. The number of nitrogens with zero attached hydrogens (tertiary/aromatic N) is 2. The SMILES string of the molecule is C[C@@H](NC(=O)c1ccc(Cn2ccnc2)cc1)c1ccc2c(c1)OCCO2. The van der Waals surface area contributed by atoms with Gasteiger partial charge >= 0.3 is 0 Å². The summed E-state index contributed by atoms with van der Waals surface area (Å²) < 4.78 is 13.1. The van der Waals surface area contributed by atoms with Gasteiger partial charge in [0.1, 0.15) is 13.2 Å². The lowest BCUT2D eigenvalue weighted by molar-refractivity contribution is 0.0939. The van der Waals surface area contributed by atoms with Crippen LogP contribution in [0.15, 0.2) is 61.2 Å². The van der Waals surface area contributed by atoms with Crippen LogP contribution in [0.25, 0.3) is 0 Å². The fraction of sp³-hybridized carbons (Fsp3) is 0.238. The van der Waals surface area contributed by atoms with E-state index in [-0.39, 0.29) is 11.9 Å². The van der Waals surface area contributed by atoms with Crippen molar-refractivity contribution in [2.75, 3.05) is 13.2 Å². The van der Waals surface area contributed by atoms with Crippen LogP contribution in [0.4, 0.5) is 0 Å². The second-order valence-electron chi connectivity index (χ2n) is 6.53. The summed E-state index contributed by atoms with van der Waals surface area (Å²) in [5.41, 5.74) is 2.72. The number of hydrogen-bond donors (Lipinski definition) is 1. The predicted octanol–water partition coefficient (Wildman–Crippen LogP) is 3.19. The molecule has 0 saturated carbocycles. The van der Waals surface area contributed by atoms with Gasteiger partial charge in [0.05, 0.1) is 12.4 Å². The number of fused-ring (bicyclic) bond motifs is 1. The number of ether oxygens (including phenoxy) is 2. The molecule has 0 bridgehead atoms. The van der Waals surface area contributed by atoms with Crippen molar-refractivity contribution in [2.45, 2.75) is 19.5 Å². The molecule has 1 N–H and O–H groups in total. The Kier molecular flexibility index (Phi) is 4.78. The molecule has 1 amide bonds. The van der Waals surface area contributed by atoms with E-state index in [0.29, 0.717) is 18.8 Å². The Morgan fingerprint density at radius 1 is 1.15 bits per heavy atom. The van der Waals surface area contributed by atoms with Crippen LogP contribution in [-0.2, 0) is 6.54 Å². The number of aromatic nitrogens is 2. The van der Waals surface area contributed by atoms with Crippen LogP contribution in [0.2, 0.25) is 0 Å². The summed E-state index contributed by atoms with van der Waals surface area (Å²) in [6, 6.07) is 13.2. The van der Waals surface area contributed by atoms with Gasteiger partial charge in [0.2, 0.25) is 0 Å². The Hall–Kier alpha value is -3.28. The van der Waals surface area contributed by atoms with Crippen LogP contribution in [0.3, 0.4) is 0 Å². The van der Waals surface area contributed by atoms with Crippen LogP contribution in [0.1, 0.15) is 34.5 Å². The van der Waals surface area contributed by atoms with E-state index >= 15 is 0 Å². The van der Waals surface area contributed by atoms with Gasteiger partial charge in [0.25, 0.3) is 5.91 Å². The van der Waals surface area contributed by atoms with Gasteiger partial charge in [-0.25, -0.2) is 4.98 Å². The number of imidazole rings is 1. The molecule has 0 saturated heterocycles.